The van der Waals surface area contributed by atoms with Crippen LogP contribution in [0.4, 0.5) is 5.69 Å². The van der Waals surface area contributed by atoms with E-state index in [9.17, 15) is 13.2 Å². The van der Waals surface area contributed by atoms with Crippen LogP contribution in [0.3, 0.4) is 0 Å². The van der Waals surface area contributed by atoms with Crippen LogP contribution in [-0.4, -0.2) is 21.4 Å². The number of benzene rings is 4. The SMILES string of the molecule is COc1ccc(N(C(=O)C(c2ccccc2)c2ccccc2)S(=O)(=O)c2ccccc2)cc1Cl. The predicted octanol–water partition coefficient (Wildman–Crippen LogP) is 5.90. The van der Waals surface area contributed by atoms with Crippen molar-refractivity contribution in [3.05, 3.63) is 125 Å². The Kier molecular flexibility index (Phi) is 7.01. The van der Waals surface area contributed by atoms with Gasteiger partial charge in [-0.05, 0) is 41.5 Å². The Morgan fingerprint density at radius 2 is 1.29 bits per heavy atom. The lowest BCUT2D eigenvalue weighted by atomic mass is 9.90. The van der Waals surface area contributed by atoms with Crippen molar-refractivity contribution >= 4 is 33.2 Å². The normalized spacial score (nSPS) is 11.3. The molecular formula is C27H22ClNO4S. The minimum absolute atomic E-state index is 0.00448. The summed E-state index contributed by atoms with van der Waals surface area (Å²) < 4.78 is 33.7. The van der Waals surface area contributed by atoms with Gasteiger partial charge >= 0.3 is 0 Å². The van der Waals surface area contributed by atoms with E-state index in [1.54, 1.807) is 24.3 Å². The van der Waals surface area contributed by atoms with Gasteiger partial charge < -0.3 is 4.74 Å². The highest BCUT2D eigenvalue weighted by atomic mass is 35.5. The molecule has 5 nitrogen and oxygen atoms in total. The molecule has 0 unspecified atom stereocenters. The van der Waals surface area contributed by atoms with Crippen LogP contribution in [-0.2, 0) is 14.8 Å². The number of nitrogens with zero attached hydrogens (tertiary/aromatic N) is 1. The summed E-state index contributed by atoms with van der Waals surface area (Å²) >= 11 is 6.33. The number of halogens is 1. The van der Waals surface area contributed by atoms with Gasteiger partial charge in [-0.1, -0.05) is 90.5 Å². The third-order valence-corrected chi connectivity index (χ3v) is 7.40. The van der Waals surface area contributed by atoms with Gasteiger partial charge in [0, 0.05) is 0 Å². The van der Waals surface area contributed by atoms with Crippen LogP contribution in [0.1, 0.15) is 17.0 Å². The molecule has 0 aliphatic rings. The molecule has 0 atom stereocenters. The number of carbonyl (C=O) groups excluding carboxylic acids is 1. The second kappa shape index (κ2) is 10.1. The molecule has 172 valence electrons. The number of hydrogen-bond donors (Lipinski definition) is 0. The molecule has 0 aliphatic carbocycles. The van der Waals surface area contributed by atoms with Gasteiger partial charge in [-0.2, -0.15) is 0 Å². The average Bonchev–Trinajstić information content (AvgIpc) is 2.86. The molecule has 4 aromatic rings. The van der Waals surface area contributed by atoms with E-state index >= 15 is 0 Å². The molecule has 7 heteroatoms. The zero-order valence-electron chi connectivity index (χ0n) is 18.3. The Morgan fingerprint density at radius 3 is 1.76 bits per heavy atom. The maximum Gasteiger partial charge on any atom is 0.270 e. The van der Waals surface area contributed by atoms with Crippen molar-refractivity contribution in [2.75, 3.05) is 11.4 Å². The first-order valence-corrected chi connectivity index (χ1v) is 12.3. The van der Waals surface area contributed by atoms with E-state index in [0.29, 0.717) is 16.9 Å². The number of rotatable bonds is 7. The van der Waals surface area contributed by atoms with Gasteiger partial charge in [0.05, 0.1) is 28.6 Å². The summed E-state index contributed by atoms with van der Waals surface area (Å²) in [6, 6.07) is 30.5. The van der Waals surface area contributed by atoms with Crippen LogP contribution in [0, 0.1) is 0 Å². The topological polar surface area (TPSA) is 63.7 Å². The summed E-state index contributed by atoms with van der Waals surface area (Å²) in [6.07, 6.45) is 0. The Bertz CT molecular complexity index is 1340. The van der Waals surface area contributed by atoms with Crippen LogP contribution in [0.15, 0.2) is 114 Å². The molecule has 34 heavy (non-hydrogen) atoms. The molecule has 0 radical (unpaired) electrons. The second-order valence-corrected chi connectivity index (χ2v) is 9.69. The van der Waals surface area contributed by atoms with Gasteiger partial charge in [0.25, 0.3) is 15.9 Å². The monoisotopic (exact) mass is 491 g/mol. The summed E-state index contributed by atoms with van der Waals surface area (Å²) in [5.74, 6) is -1.11. The van der Waals surface area contributed by atoms with Gasteiger partial charge in [0.15, 0.2) is 0 Å². The minimum Gasteiger partial charge on any atom is -0.495 e. The van der Waals surface area contributed by atoms with E-state index in [1.807, 2.05) is 60.7 Å². The maximum absolute atomic E-state index is 14.2. The van der Waals surface area contributed by atoms with Crippen LogP contribution in [0.5, 0.6) is 5.75 Å². The fourth-order valence-corrected chi connectivity index (χ4v) is 5.45. The highest BCUT2D eigenvalue weighted by Crippen LogP contribution is 2.36. The molecule has 0 spiro atoms. The Morgan fingerprint density at radius 1 is 0.794 bits per heavy atom. The van der Waals surface area contributed by atoms with Crippen molar-refractivity contribution in [2.45, 2.75) is 10.8 Å². The molecule has 0 aliphatic heterocycles. The van der Waals surface area contributed by atoms with E-state index in [4.69, 9.17) is 16.3 Å². The van der Waals surface area contributed by atoms with Gasteiger partial charge in [-0.15, -0.1) is 0 Å². The van der Waals surface area contributed by atoms with Crippen molar-refractivity contribution in [3.8, 4) is 5.75 Å². The second-order valence-electron chi connectivity index (χ2n) is 7.49. The summed E-state index contributed by atoms with van der Waals surface area (Å²) in [5.41, 5.74) is 1.47. The molecule has 0 saturated heterocycles. The molecule has 0 heterocycles. The van der Waals surface area contributed by atoms with Crippen molar-refractivity contribution in [3.63, 3.8) is 0 Å². The molecule has 4 aromatic carbocycles. The first-order chi connectivity index (χ1) is 16.4. The maximum atomic E-state index is 14.2. The van der Waals surface area contributed by atoms with E-state index in [1.165, 1.54) is 31.4 Å². The summed E-state index contributed by atoms with van der Waals surface area (Å²) in [5, 5.41) is 0.192. The molecule has 1 amide bonds. The highest BCUT2D eigenvalue weighted by Gasteiger charge is 2.37. The summed E-state index contributed by atoms with van der Waals surface area (Å²) in [7, 11) is -2.80. The smallest absolute Gasteiger partial charge is 0.270 e. The van der Waals surface area contributed by atoms with Crippen LogP contribution < -0.4 is 9.04 Å². The zero-order valence-corrected chi connectivity index (χ0v) is 19.9. The third-order valence-electron chi connectivity index (χ3n) is 5.36. The lowest BCUT2D eigenvalue weighted by Gasteiger charge is -2.28. The first kappa shape index (κ1) is 23.5. The van der Waals surface area contributed by atoms with E-state index < -0.39 is 21.8 Å². The Balaban J connectivity index is 1.93. The van der Waals surface area contributed by atoms with Crippen molar-refractivity contribution in [1.82, 2.24) is 0 Å². The summed E-state index contributed by atoms with van der Waals surface area (Å²) in [6.45, 7) is 0. The van der Waals surface area contributed by atoms with Crippen LogP contribution in [0.2, 0.25) is 5.02 Å². The zero-order chi connectivity index (χ0) is 24.1. The van der Waals surface area contributed by atoms with Crippen molar-refractivity contribution < 1.29 is 17.9 Å². The summed E-state index contributed by atoms with van der Waals surface area (Å²) in [4.78, 5) is 14.2. The van der Waals surface area contributed by atoms with Gasteiger partial charge in [0.2, 0.25) is 0 Å². The Hall–Kier alpha value is -3.61. The standard InChI is InChI=1S/C27H22ClNO4S/c1-33-25-18-17-22(19-24(25)28)29(34(31,32)23-15-9-4-10-16-23)27(30)26(20-11-5-2-6-12-20)21-13-7-3-8-14-21/h2-19,26H,1H3. The number of carbonyl (C=O) groups is 1. The fourth-order valence-electron chi connectivity index (χ4n) is 3.75. The molecule has 0 fully saturated rings. The van der Waals surface area contributed by atoms with Gasteiger partial charge in [-0.3, -0.25) is 4.79 Å². The number of methoxy groups -OCH3 is 1. The first-order valence-electron chi connectivity index (χ1n) is 10.5. The molecular weight excluding hydrogens is 470 g/mol. The number of hydrogen-bond acceptors (Lipinski definition) is 4. The molecule has 0 N–H and O–H groups in total. The molecule has 0 saturated carbocycles. The molecule has 0 bridgehead atoms. The third kappa shape index (κ3) is 4.69. The van der Waals surface area contributed by atoms with Gasteiger partial charge in [0.1, 0.15) is 5.75 Å². The average molecular weight is 492 g/mol. The van der Waals surface area contributed by atoms with Crippen molar-refractivity contribution in [2.24, 2.45) is 0 Å². The van der Waals surface area contributed by atoms with Gasteiger partial charge in [-0.25, -0.2) is 12.7 Å². The number of sulfonamides is 1. The fraction of sp³-hybridized carbons (Fsp3) is 0.0741. The molecule has 0 aromatic heterocycles. The quantitative estimate of drug-likeness (QED) is 0.323. The number of amides is 1. The van der Waals surface area contributed by atoms with Crippen molar-refractivity contribution in [1.29, 1.82) is 0 Å². The molecule has 4 rings (SSSR count). The minimum atomic E-state index is -4.27. The number of ether oxygens (including phenoxy) is 1. The highest BCUT2D eigenvalue weighted by molar-refractivity contribution is 7.93. The van der Waals surface area contributed by atoms with Crippen LogP contribution >= 0.6 is 11.6 Å². The number of anilines is 1. The van der Waals surface area contributed by atoms with E-state index in [2.05, 4.69) is 0 Å². The lowest BCUT2D eigenvalue weighted by Crippen LogP contribution is -2.40. The van der Waals surface area contributed by atoms with E-state index in [0.717, 1.165) is 4.31 Å². The van der Waals surface area contributed by atoms with Crippen LogP contribution in [0.25, 0.3) is 0 Å². The predicted molar refractivity (Wildman–Crippen MR) is 134 cm³/mol. The Labute approximate surface area is 204 Å². The largest absolute Gasteiger partial charge is 0.495 e. The van der Waals surface area contributed by atoms with E-state index in [-0.39, 0.29) is 15.6 Å². The lowest BCUT2D eigenvalue weighted by molar-refractivity contribution is -0.118.